The third-order valence-electron chi connectivity index (χ3n) is 4.22. The van der Waals surface area contributed by atoms with Crippen LogP contribution < -0.4 is 10.1 Å². The van der Waals surface area contributed by atoms with Crippen LogP contribution in [-0.2, 0) is 6.61 Å². The van der Waals surface area contributed by atoms with Gasteiger partial charge in [0.25, 0.3) is 11.8 Å². The average molecular weight is 396 g/mol. The number of nitriles is 1. The minimum Gasteiger partial charge on any atom is -0.484 e. The third-order valence-corrected chi connectivity index (χ3v) is 4.22. The van der Waals surface area contributed by atoms with Crippen molar-refractivity contribution in [3.63, 3.8) is 0 Å². The minimum atomic E-state index is -0.292. The molecule has 0 bridgehead atoms. The van der Waals surface area contributed by atoms with E-state index in [1.807, 2.05) is 36.4 Å². The summed E-state index contributed by atoms with van der Waals surface area (Å²) in [6.45, 7) is 0.131. The van der Waals surface area contributed by atoms with E-state index in [1.54, 1.807) is 48.5 Å². The van der Waals surface area contributed by atoms with Crippen molar-refractivity contribution in [1.29, 1.82) is 5.26 Å². The summed E-state index contributed by atoms with van der Waals surface area (Å²) < 4.78 is 11.3. The highest BCUT2D eigenvalue weighted by Crippen LogP contribution is 2.20. The molecule has 0 atom stereocenters. The zero-order chi connectivity index (χ0) is 20.8. The molecule has 1 N–H and O–H groups in total. The van der Waals surface area contributed by atoms with Crippen molar-refractivity contribution in [2.75, 3.05) is 5.32 Å². The van der Waals surface area contributed by atoms with Crippen molar-refractivity contribution in [1.82, 2.24) is 10.2 Å². The summed E-state index contributed by atoms with van der Waals surface area (Å²) in [5.41, 5.74) is 2.30. The van der Waals surface area contributed by atoms with Crippen LogP contribution in [0.5, 0.6) is 5.75 Å². The number of hydrogen-bond acceptors (Lipinski definition) is 6. The van der Waals surface area contributed by atoms with Gasteiger partial charge >= 0.3 is 0 Å². The van der Waals surface area contributed by atoms with Gasteiger partial charge in [-0.05, 0) is 54.6 Å². The van der Waals surface area contributed by atoms with Crippen molar-refractivity contribution in [2.45, 2.75) is 6.61 Å². The van der Waals surface area contributed by atoms with E-state index < -0.39 is 0 Å². The normalized spacial score (nSPS) is 10.2. The first-order valence-corrected chi connectivity index (χ1v) is 9.13. The first-order chi connectivity index (χ1) is 14.7. The molecule has 4 aromatic rings. The summed E-state index contributed by atoms with van der Waals surface area (Å²) in [4.78, 5) is 12.3. The van der Waals surface area contributed by atoms with Crippen LogP contribution >= 0.6 is 0 Å². The zero-order valence-electron chi connectivity index (χ0n) is 15.8. The summed E-state index contributed by atoms with van der Waals surface area (Å²) >= 11 is 0. The smallest absolute Gasteiger partial charge is 0.255 e. The minimum absolute atomic E-state index is 0.131. The number of rotatable bonds is 6. The Morgan fingerprint density at radius 3 is 2.57 bits per heavy atom. The SMILES string of the molecule is N#Cc1cccc(C(=O)Nc2ccc(OCc3nnc(-c4ccccc4)o3)cc2)c1. The maximum absolute atomic E-state index is 12.3. The van der Waals surface area contributed by atoms with E-state index in [2.05, 4.69) is 15.5 Å². The number of carbonyl (C=O) groups excluding carboxylic acids is 1. The highest BCUT2D eigenvalue weighted by Gasteiger charge is 2.10. The number of ether oxygens (including phenoxy) is 1. The Labute approximate surface area is 172 Å². The molecule has 0 fully saturated rings. The van der Waals surface area contributed by atoms with Gasteiger partial charge in [-0.1, -0.05) is 24.3 Å². The summed E-state index contributed by atoms with van der Waals surface area (Å²) in [6.07, 6.45) is 0. The molecule has 146 valence electrons. The summed E-state index contributed by atoms with van der Waals surface area (Å²) in [7, 11) is 0. The number of hydrogen-bond donors (Lipinski definition) is 1. The number of anilines is 1. The van der Waals surface area contributed by atoms with Crippen molar-refractivity contribution in [2.24, 2.45) is 0 Å². The Kier molecular flexibility index (Phi) is 5.49. The molecule has 0 aliphatic heterocycles. The van der Waals surface area contributed by atoms with Gasteiger partial charge in [-0.25, -0.2) is 0 Å². The molecule has 30 heavy (non-hydrogen) atoms. The van der Waals surface area contributed by atoms with Gasteiger partial charge in [-0.2, -0.15) is 5.26 Å². The summed E-state index contributed by atoms with van der Waals surface area (Å²) in [5.74, 6) is 1.11. The van der Waals surface area contributed by atoms with E-state index in [0.29, 0.717) is 34.3 Å². The van der Waals surface area contributed by atoms with E-state index in [-0.39, 0.29) is 12.5 Å². The second-order valence-corrected chi connectivity index (χ2v) is 6.33. The molecule has 4 rings (SSSR count). The average Bonchev–Trinajstić information content (AvgIpc) is 3.28. The predicted octanol–water partition coefficient (Wildman–Crippen LogP) is 4.44. The van der Waals surface area contributed by atoms with Crippen LogP contribution in [0.4, 0.5) is 5.69 Å². The Hall–Kier alpha value is -4.44. The molecule has 0 aliphatic rings. The van der Waals surface area contributed by atoms with Crippen molar-refractivity contribution in [3.05, 3.63) is 95.9 Å². The predicted molar refractivity (Wildman–Crippen MR) is 110 cm³/mol. The number of nitrogens with zero attached hydrogens (tertiary/aromatic N) is 3. The van der Waals surface area contributed by atoms with Gasteiger partial charge in [0.2, 0.25) is 5.89 Å². The van der Waals surface area contributed by atoms with Crippen molar-refractivity contribution >= 4 is 11.6 Å². The molecule has 3 aromatic carbocycles. The first kappa shape index (κ1) is 18.9. The van der Waals surface area contributed by atoms with E-state index in [4.69, 9.17) is 14.4 Å². The molecule has 7 nitrogen and oxygen atoms in total. The van der Waals surface area contributed by atoms with Gasteiger partial charge in [0, 0.05) is 16.8 Å². The van der Waals surface area contributed by atoms with Crippen molar-refractivity contribution < 1.29 is 13.9 Å². The molecule has 0 spiro atoms. The molecule has 7 heteroatoms. The zero-order valence-corrected chi connectivity index (χ0v) is 15.8. The second-order valence-electron chi connectivity index (χ2n) is 6.33. The number of nitrogens with one attached hydrogen (secondary N) is 1. The third kappa shape index (κ3) is 4.51. The highest BCUT2D eigenvalue weighted by atomic mass is 16.5. The topological polar surface area (TPSA) is 101 Å². The number of benzene rings is 3. The molecule has 0 radical (unpaired) electrons. The van der Waals surface area contributed by atoms with Gasteiger partial charge in [0.15, 0.2) is 6.61 Å². The van der Waals surface area contributed by atoms with Crippen LogP contribution in [0.1, 0.15) is 21.8 Å². The maximum Gasteiger partial charge on any atom is 0.255 e. The molecule has 0 saturated carbocycles. The lowest BCUT2D eigenvalue weighted by Gasteiger charge is -2.07. The Morgan fingerprint density at radius 2 is 1.80 bits per heavy atom. The van der Waals surface area contributed by atoms with E-state index >= 15 is 0 Å². The largest absolute Gasteiger partial charge is 0.484 e. The van der Waals surface area contributed by atoms with Gasteiger partial charge in [-0.3, -0.25) is 4.79 Å². The molecule has 1 amide bonds. The summed E-state index contributed by atoms with van der Waals surface area (Å²) in [5, 5.41) is 19.7. The fourth-order valence-corrected chi connectivity index (χ4v) is 2.72. The Bertz CT molecular complexity index is 1200. The van der Waals surface area contributed by atoms with Crippen LogP contribution in [0.2, 0.25) is 0 Å². The molecule has 0 saturated heterocycles. The lowest BCUT2D eigenvalue weighted by atomic mass is 10.1. The Morgan fingerprint density at radius 1 is 1.00 bits per heavy atom. The first-order valence-electron chi connectivity index (χ1n) is 9.13. The standard InChI is InChI=1S/C23H16N4O3/c24-14-16-5-4-8-18(13-16)22(28)25-19-9-11-20(12-10-19)29-15-21-26-27-23(30-21)17-6-2-1-3-7-17/h1-13H,15H2,(H,25,28). The van der Waals surface area contributed by atoms with Gasteiger partial charge in [0.05, 0.1) is 11.6 Å². The number of carbonyl (C=O) groups is 1. The fourth-order valence-electron chi connectivity index (χ4n) is 2.72. The van der Waals surface area contributed by atoms with Crippen LogP contribution in [0.15, 0.2) is 83.3 Å². The Balaban J connectivity index is 1.34. The molecule has 0 aliphatic carbocycles. The number of aromatic nitrogens is 2. The molecular formula is C23H16N4O3. The molecular weight excluding hydrogens is 380 g/mol. The van der Waals surface area contributed by atoms with Crippen LogP contribution in [0, 0.1) is 11.3 Å². The molecule has 0 unspecified atom stereocenters. The number of amides is 1. The maximum atomic E-state index is 12.3. The second kappa shape index (κ2) is 8.71. The summed E-state index contributed by atoms with van der Waals surface area (Å²) in [6, 6.07) is 24.9. The van der Waals surface area contributed by atoms with Crippen LogP contribution in [-0.4, -0.2) is 16.1 Å². The lowest BCUT2D eigenvalue weighted by molar-refractivity contribution is 0.102. The van der Waals surface area contributed by atoms with E-state index in [9.17, 15) is 4.79 Å². The molecule has 1 heterocycles. The van der Waals surface area contributed by atoms with Gasteiger partial charge in [0.1, 0.15) is 5.75 Å². The fraction of sp³-hybridized carbons (Fsp3) is 0.0435. The monoisotopic (exact) mass is 396 g/mol. The van der Waals surface area contributed by atoms with Crippen LogP contribution in [0.25, 0.3) is 11.5 Å². The highest BCUT2D eigenvalue weighted by molar-refractivity contribution is 6.04. The van der Waals surface area contributed by atoms with Crippen LogP contribution in [0.3, 0.4) is 0 Å². The molecule has 1 aromatic heterocycles. The van der Waals surface area contributed by atoms with E-state index in [0.717, 1.165) is 5.56 Å². The lowest BCUT2D eigenvalue weighted by Crippen LogP contribution is -2.11. The van der Waals surface area contributed by atoms with E-state index in [1.165, 1.54) is 0 Å². The van der Waals surface area contributed by atoms with Gasteiger partial charge in [-0.15, -0.1) is 10.2 Å². The quantitative estimate of drug-likeness (QED) is 0.517. The van der Waals surface area contributed by atoms with Crippen molar-refractivity contribution in [3.8, 4) is 23.3 Å². The van der Waals surface area contributed by atoms with Gasteiger partial charge < -0.3 is 14.5 Å².